The van der Waals surface area contributed by atoms with E-state index in [4.69, 9.17) is 4.74 Å². The number of para-hydroxylation sites is 2. The SMILES string of the molecule is CN=C(NCCN(C)Cc1ccccc1)NC1CCN(c2ccccc2OC)C1.I. The van der Waals surface area contributed by atoms with Gasteiger partial charge in [-0.05, 0) is 31.2 Å². The summed E-state index contributed by atoms with van der Waals surface area (Å²) < 4.78 is 5.51. The van der Waals surface area contributed by atoms with Crippen molar-refractivity contribution in [1.29, 1.82) is 0 Å². The third kappa shape index (κ3) is 7.05. The first-order valence-electron chi connectivity index (χ1n) is 10.3. The fourth-order valence-electron chi connectivity index (χ4n) is 3.72. The highest BCUT2D eigenvalue weighted by atomic mass is 127. The number of halogens is 1. The monoisotopic (exact) mass is 523 g/mol. The van der Waals surface area contributed by atoms with Crippen LogP contribution in [0.15, 0.2) is 59.6 Å². The number of methoxy groups -OCH3 is 1. The fourth-order valence-corrected chi connectivity index (χ4v) is 3.72. The first kappa shape index (κ1) is 24.3. The van der Waals surface area contributed by atoms with Gasteiger partial charge in [0.05, 0.1) is 12.8 Å². The van der Waals surface area contributed by atoms with Crippen LogP contribution in [0.5, 0.6) is 5.75 Å². The van der Waals surface area contributed by atoms with E-state index in [-0.39, 0.29) is 24.0 Å². The average molecular weight is 523 g/mol. The van der Waals surface area contributed by atoms with E-state index < -0.39 is 0 Å². The molecule has 1 heterocycles. The zero-order valence-corrected chi connectivity index (χ0v) is 20.5. The molecule has 1 aliphatic heterocycles. The van der Waals surface area contributed by atoms with Crippen molar-refractivity contribution in [2.45, 2.75) is 19.0 Å². The van der Waals surface area contributed by atoms with Gasteiger partial charge >= 0.3 is 0 Å². The van der Waals surface area contributed by atoms with Crippen LogP contribution in [0.4, 0.5) is 5.69 Å². The molecule has 0 bridgehead atoms. The van der Waals surface area contributed by atoms with Crippen molar-refractivity contribution in [3.8, 4) is 5.75 Å². The van der Waals surface area contributed by atoms with Crippen LogP contribution in [-0.2, 0) is 6.54 Å². The van der Waals surface area contributed by atoms with Gasteiger partial charge < -0.3 is 25.2 Å². The number of nitrogens with zero attached hydrogens (tertiary/aromatic N) is 3. The highest BCUT2D eigenvalue weighted by Crippen LogP contribution is 2.30. The molecule has 0 radical (unpaired) electrons. The normalized spacial score (nSPS) is 16.3. The Hall–Kier alpha value is -2.00. The number of benzene rings is 2. The van der Waals surface area contributed by atoms with Crippen molar-refractivity contribution >= 4 is 35.6 Å². The van der Waals surface area contributed by atoms with Gasteiger partial charge in [-0.25, -0.2) is 0 Å². The van der Waals surface area contributed by atoms with Crippen molar-refractivity contribution < 1.29 is 4.74 Å². The second-order valence-corrected chi connectivity index (χ2v) is 7.47. The molecule has 1 aliphatic rings. The summed E-state index contributed by atoms with van der Waals surface area (Å²) in [5.74, 6) is 1.79. The Balaban J connectivity index is 0.00000320. The number of anilines is 1. The summed E-state index contributed by atoms with van der Waals surface area (Å²) in [4.78, 5) is 9.08. The fraction of sp³-hybridized carbons (Fsp3) is 0.435. The largest absolute Gasteiger partial charge is 0.495 e. The van der Waals surface area contributed by atoms with Crippen molar-refractivity contribution in [3.63, 3.8) is 0 Å². The lowest BCUT2D eigenvalue weighted by Gasteiger charge is -2.22. The van der Waals surface area contributed by atoms with Gasteiger partial charge in [-0.15, -0.1) is 24.0 Å². The van der Waals surface area contributed by atoms with Gasteiger partial charge in [0, 0.05) is 45.8 Å². The van der Waals surface area contributed by atoms with Crippen molar-refractivity contribution in [2.75, 3.05) is 52.3 Å². The van der Waals surface area contributed by atoms with Crippen LogP contribution < -0.4 is 20.3 Å². The number of ether oxygens (including phenoxy) is 1. The van der Waals surface area contributed by atoms with E-state index in [1.807, 2.05) is 19.2 Å². The Morgan fingerprint density at radius 2 is 1.90 bits per heavy atom. The summed E-state index contributed by atoms with van der Waals surface area (Å²) in [5, 5.41) is 7.01. The first-order chi connectivity index (χ1) is 14.2. The molecule has 3 rings (SSSR count). The molecule has 1 saturated heterocycles. The van der Waals surface area contributed by atoms with Crippen LogP contribution in [0, 0.1) is 0 Å². The topological polar surface area (TPSA) is 52.1 Å². The molecule has 0 amide bonds. The van der Waals surface area contributed by atoms with Gasteiger partial charge in [-0.1, -0.05) is 42.5 Å². The number of hydrogen-bond acceptors (Lipinski definition) is 4. The van der Waals surface area contributed by atoms with Gasteiger partial charge in [0.25, 0.3) is 0 Å². The Kier molecular flexibility index (Phi) is 10.2. The molecule has 0 aliphatic carbocycles. The molecule has 2 aromatic rings. The second kappa shape index (κ2) is 12.6. The first-order valence-corrected chi connectivity index (χ1v) is 10.3. The van der Waals surface area contributed by atoms with Gasteiger partial charge in [0.15, 0.2) is 5.96 Å². The standard InChI is InChI=1S/C23H33N5O.HI/c1-24-23(25-14-16-27(2)17-19-9-5-4-6-10-19)26-20-13-15-28(18-20)21-11-7-8-12-22(21)29-3;/h4-12,20H,13-18H2,1-3H3,(H2,24,25,26);1H. The lowest BCUT2D eigenvalue weighted by atomic mass is 10.2. The van der Waals surface area contributed by atoms with E-state index in [0.717, 1.165) is 56.5 Å². The summed E-state index contributed by atoms with van der Waals surface area (Å²) in [6.07, 6.45) is 1.08. The highest BCUT2D eigenvalue weighted by Gasteiger charge is 2.25. The van der Waals surface area contributed by atoms with Crippen LogP contribution in [0.1, 0.15) is 12.0 Å². The lowest BCUT2D eigenvalue weighted by molar-refractivity contribution is 0.331. The smallest absolute Gasteiger partial charge is 0.191 e. The number of aliphatic imine (C=N–C) groups is 1. The van der Waals surface area contributed by atoms with E-state index >= 15 is 0 Å². The molecule has 0 saturated carbocycles. The molecular weight excluding hydrogens is 489 g/mol. The summed E-state index contributed by atoms with van der Waals surface area (Å²) in [6, 6.07) is 19.1. The molecule has 2 aromatic carbocycles. The van der Waals surface area contributed by atoms with Gasteiger partial charge in [-0.3, -0.25) is 4.99 Å². The van der Waals surface area contributed by atoms with Gasteiger partial charge in [0.1, 0.15) is 5.75 Å². The predicted molar refractivity (Wildman–Crippen MR) is 136 cm³/mol. The molecule has 164 valence electrons. The molecule has 7 heteroatoms. The Bertz CT molecular complexity index is 786. The quantitative estimate of drug-likeness (QED) is 0.316. The highest BCUT2D eigenvalue weighted by molar-refractivity contribution is 14.0. The van der Waals surface area contributed by atoms with E-state index in [1.54, 1.807) is 7.11 Å². The Morgan fingerprint density at radius 1 is 1.17 bits per heavy atom. The van der Waals surface area contributed by atoms with Crippen LogP contribution in [0.25, 0.3) is 0 Å². The van der Waals surface area contributed by atoms with Gasteiger partial charge in [0.2, 0.25) is 0 Å². The van der Waals surface area contributed by atoms with Gasteiger partial charge in [-0.2, -0.15) is 0 Å². The van der Waals surface area contributed by atoms with E-state index in [2.05, 4.69) is 74.9 Å². The third-order valence-electron chi connectivity index (χ3n) is 5.26. The molecule has 1 unspecified atom stereocenters. The van der Waals surface area contributed by atoms with Crippen LogP contribution >= 0.6 is 24.0 Å². The minimum Gasteiger partial charge on any atom is -0.495 e. The lowest BCUT2D eigenvalue weighted by Crippen LogP contribution is -2.46. The van der Waals surface area contributed by atoms with Crippen LogP contribution in [0.3, 0.4) is 0 Å². The molecule has 0 aromatic heterocycles. The number of hydrogen-bond donors (Lipinski definition) is 2. The minimum absolute atomic E-state index is 0. The summed E-state index contributed by atoms with van der Waals surface area (Å²) in [5.41, 5.74) is 2.49. The Labute approximate surface area is 197 Å². The number of nitrogens with one attached hydrogen (secondary N) is 2. The van der Waals surface area contributed by atoms with Crippen LogP contribution in [0.2, 0.25) is 0 Å². The zero-order valence-electron chi connectivity index (χ0n) is 18.2. The maximum Gasteiger partial charge on any atom is 0.191 e. The average Bonchev–Trinajstić information content (AvgIpc) is 3.22. The Morgan fingerprint density at radius 3 is 2.63 bits per heavy atom. The number of rotatable bonds is 8. The zero-order chi connectivity index (χ0) is 20.5. The maximum absolute atomic E-state index is 5.51. The van der Waals surface area contributed by atoms with Crippen molar-refractivity contribution in [2.24, 2.45) is 4.99 Å². The van der Waals surface area contributed by atoms with E-state index in [9.17, 15) is 0 Å². The molecular formula is C23H34IN5O. The summed E-state index contributed by atoms with van der Waals surface area (Å²) in [6.45, 7) is 4.70. The maximum atomic E-state index is 5.51. The second-order valence-electron chi connectivity index (χ2n) is 7.47. The van der Waals surface area contributed by atoms with Crippen LogP contribution in [-0.4, -0.2) is 64.3 Å². The minimum atomic E-state index is 0. The van der Waals surface area contributed by atoms with Crippen molar-refractivity contribution in [1.82, 2.24) is 15.5 Å². The number of guanidine groups is 1. The van der Waals surface area contributed by atoms with E-state index in [1.165, 1.54) is 5.56 Å². The molecule has 6 nitrogen and oxygen atoms in total. The molecule has 1 atom stereocenters. The molecule has 1 fully saturated rings. The third-order valence-corrected chi connectivity index (χ3v) is 5.26. The summed E-state index contributed by atoms with van der Waals surface area (Å²) >= 11 is 0. The predicted octanol–water partition coefficient (Wildman–Crippen LogP) is 3.19. The number of likely N-dealkylation sites (N-methyl/N-ethyl adjacent to an activating group) is 1. The summed E-state index contributed by atoms with van der Waals surface area (Å²) in [7, 11) is 5.70. The van der Waals surface area contributed by atoms with E-state index in [0.29, 0.717) is 6.04 Å². The molecule has 30 heavy (non-hydrogen) atoms. The molecule has 2 N–H and O–H groups in total. The molecule has 0 spiro atoms. The van der Waals surface area contributed by atoms with Crippen molar-refractivity contribution in [3.05, 3.63) is 60.2 Å².